The summed E-state index contributed by atoms with van der Waals surface area (Å²) in [7, 11) is 1.72. The number of pyridine rings is 1. The lowest BCUT2D eigenvalue weighted by Crippen LogP contribution is -2.36. The molecule has 3 N–H and O–H groups in total. The average Bonchev–Trinajstić information content (AvgIpc) is 3.45. The van der Waals surface area contributed by atoms with Crippen LogP contribution in [0.15, 0.2) is 53.7 Å². The number of amides is 1. The fraction of sp³-hybridized carbons (Fsp3) is 0.333. The summed E-state index contributed by atoms with van der Waals surface area (Å²) in [6.45, 7) is 1.70. The molecule has 1 atom stereocenters. The van der Waals surface area contributed by atoms with Gasteiger partial charge in [-0.3, -0.25) is 14.2 Å². The van der Waals surface area contributed by atoms with Gasteiger partial charge in [0.1, 0.15) is 6.10 Å². The summed E-state index contributed by atoms with van der Waals surface area (Å²) in [5, 5.41) is 17.8. The summed E-state index contributed by atoms with van der Waals surface area (Å²) >= 11 is 0. The molecule has 10 heteroatoms. The summed E-state index contributed by atoms with van der Waals surface area (Å²) in [4.78, 5) is 16.5. The number of aromatic nitrogens is 3. The minimum atomic E-state index is -0.344. The average molecular weight is 535 g/mol. The van der Waals surface area contributed by atoms with E-state index in [1.807, 2.05) is 53.1 Å². The maximum Gasteiger partial charge on any atom is 0.253 e. The van der Waals surface area contributed by atoms with Gasteiger partial charge in [0.15, 0.2) is 17.4 Å². The van der Waals surface area contributed by atoms with Crippen molar-refractivity contribution >= 4 is 47.2 Å². The highest BCUT2D eigenvalue weighted by Gasteiger charge is 2.23. The Balaban J connectivity index is 0.00000272. The molecule has 1 saturated heterocycles. The molecule has 0 spiro atoms. The first kappa shape index (κ1) is 22.9. The molecule has 9 nitrogen and oxygen atoms in total. The lowest BCUT2D eigenvalue weighted by molar-refractivity contribution is -0.124. The van der Waals surface area contributed by atoms with Crippen molar-refractivity contribution in [1.29, 1.82) is 0 Å². The number of guanidine groups is 1. The number of hydrogen-bond acceptors (Lipinski definition) is 5. The summed E-state index contributed by atoms with van der Waals surface area (Å²) in [6.07, 6.45) is 3.29. The Labute approximate surface area is 197 Å². The van der Waals surface area contributed by atoms with Gasteiger partial charge in [-0.2, -0.15) is 0 Å². The van der Waals surface area contributed by atoms with Gasteiger partial charge in [-0.1, -0.05) is 18.2 Å². The minimum Gasteiger partial charge on any atom is -0.368 e. The largest absolute Gasteiger partial charge is 0.368 e. The van der Waals surface area contributed by atoms with Crippen molar-refractivity contribution in [3.05, 3.63) is 60.0 Å². The number of halogens is 1. The molecule has 1 aliphatic heterocycles. The van der Waals surface area contributed by atoms with Gasteiger partial charge in [-0.05, 0) is 42.7 Å². The number of benzene rings is 1. The maximum absolute atomic E-state index is 12.2. The molecular formula is C21H26IN7O2. The fourth-order valence-electron chi connectivity index (χ4n) is 3.35. The summed E-state index contributed by atoms with van der Waals surface area (Å²) in [6, 6.07) is 13.5. The predicted molar refractivity (Wildman–Crippen MR) is 129 cm³/mol. The molecule has 0 saturated carbocycles. The van der Waals surface area contributed by atoms with Crippen LogP contribution in [0.1, 0.15) is 24.2 Å². The van der Waals surface area contributed by atoms with Gasteiger partial charge in [-0.25, -0.2) is 0 Å². The minimum absolute atomic E-state index is 0. The summed E-state index contributed by atoms with van der Waals surface area (Å²) in [5.74, 6) is 1.36. The number of hydrogen-bond donors (Lipinski definition) is 3. The van der Waals surface area contributed by atoms with Crippen LogP contribution in [0.5, 0.6) is 0 Å². The van der Waals surface area contributed by atoms with E-state index in [4.69, 9.17) is 4.74 Å². The first-order valence-corrected chi connectivity index (χ1v) is 9.97. The SMILES string of the molecule is CN=C(NCc1cccc(NC(=O)C2CCCO2)c1)NCc1nnc2ccccn12.I. The van der Waals surface area contributed by atoms with Crippen molar-refractivity contribution in [3.8, 4) is 0 Å². The van der Waals surface area contributed by atoms with Gasteiger partial charge in [0.25, 0.3) is 5.91 Å². The van der Waals surface area contributed by atoms with E-state index in [0.29, 0.717) is 25.7 Å². The second kappa shape index (κ2) is 11.0. The molecular weight excluding hydrogens is 509 g/mol. The Morgan fingerprint density at radius 1 is 1.19 bits per heavy atom. The molecule has 31 heavy (non-hydrogen) atoms. The topological polar surface area (TPSA) is 105 Å². The normalized spacial score (nSPS) is 16.0. The highest BCUT2D eigenvalue weighted by molar-refractivity contribution is 14.0. The molecule has 4 rings (SSSR count). The van der Waals surface area contributed by atoms with Crippen molar-refractivity contribution in [1.82, 2.24) is 25.2 Å². The van der Waals surface area contributed by atoms with E-state index < -0.39 is 0 Å². The number of fused-ring (bicyclic) bond motifs is 1. The van der Waals surface area contributed by atoms with Crippen molar-refractivity contribution in [2.75, 3.05) is 19.0 Å². The standard InChI is InChI=1S/C21H25N7O2.HI/c1-22-21(24-14-19-27-26-18-9-2-3-10-28(18)19)23-13-15-6-4-7-16(12-15)25-20(29)17-8-5-11-30-17;/h2-4,6-7,9-10,12,17H,5,8,11,13-14H2,1H3,(H,25,29)(H2,22,23,24);1H. The number of aliphatic imine (C=N–C) groups is 1. The van der Waals surface area contributed by atoms with Gasteiger partial charge in [0.2, 0.25) is 0 Å². The van der Waals surface area contributed by atoms with Gasteiger partial charge in [0.05, 0.1) is 6.54 Å². The quantitative estimate of drug-likeness (QED) is 0.254. The number of anilines is 1. The highest BCUT2D eigenvalue weighted by Crippen LogP contribution is 2.16. The zero-order valence-electron chi connectivity index (χ0n) is 17.2. The Morgan fingerprint density at radius 3 is 2.87 bits per heavy atom. The zero-order valence-corrected chi connectivity index (χ0v) is 19.6. The molecule has 3 heterocycles. The fourth-order valence-corrected chi connectivity index (χ4v) is 3.35. The van der Waals surface area contributed by atoms with Crippen LogP contribution in [0.2, 0.25) is 0 Å². The highest BCUT2D eigenvalue weighted by atomic mass is 127. The first-order chi connectivity index (χ1) is 14.7. The van der Waals surface area contributed by atoms with Gasteiger partial charge >= 0.3 is 0 Å². The van der Waals surface area contributed by atoms with E-state index >= 15 is 0 Å². The Hall–Kier alpha value is -2.73. The number of carbonyl (C=O) groups excluding carboxylic acids is 1. The van der Waals surface area contributed by atoms with Crippen LogP contribution in [0.3, 0.4) is 0 Å². The van der Waals surface area contributed by atoms with E-state index in [-0.39, 0.29) is 36.0 Å². The summed E-state index contributed by atoms with van der Waals surface area (Å²) < 4.78 is 7.37. The van der Waals surface area contributed by atoms with E-state index in [1.54, 1.807) is 7.05 Å². The first-order valence-electron chi connectivity index (χ1n) is 9.97. The van der Waals surface area contributed by atoms with E-state index in [0.717, 1.165) is 35.6 Å². The molecule has 1 amide bonds. The molecule has 1 aromatic carbocycles. The zero-order chi connectivity index (χ0) is 20.8. The number of nitrogens with one attached hydrogen (secondary N) is 3. The van der Waals surface area contributed by atoms with Crippen LogP contribution in [0.4, 0.5) is 5.69 Å². The van der Waals surface area contributed by atoms with Crippen LogP contribution in [0.25, 0.3) is 5.65 Å². The molecule has 0 bridgehead atoms. The maximum atomic E-state index is 12.2. The Kier molecular flexibility index (Phi) is 8.18. The van der Waals surface area contributed by atoms with Crippen LogP contribution < -0.4 is 16.0 Å². The number of rotatable bonds is 6. The lowest BCUT2D eigenvalue weighted by atomic mass is 10.2. The molecule has 1 aliphatic rings. The number of carbonyl (C=O) groups is 1. The van der Waals surface area contributed by atoms with Gasteiger partial charge in [0, 0.05) is 32.1 Å². The van der Waals surface area contributed by atoms with E-state index in [1.165, 1.54) is 0 Å². The summed E-state index contributed by atoms with van der Waals surface area (Å²) in [5.41, 5.74) is 2.59. The van der Waals surface area contributed by atoms with E-state index in [9.17, 15) is 4.79 Å². The smallest absolute Gasteiger partial charge is 0.253 e. The predicted octanol–water partition coefficient (Wildman–Crippen LogP) is 2.33. The van der Waals surface area contributed by atoms with Crippen LogP contribution in [-0.2, 0) is 22.6 Å². The second-order valence-corrected chi connectivity index (χ2v) is 7.02. The third-order valence-electron chi connectivity index (χ3n) is 4.90. The van der Waals surface area contributed by atoms with Gasteiger partial charge < -0.3 is 20.7 Å². The van der Waals surface area contributed by atoms with Gasteiger partial charge in [-0.15, -0.1) is 34.2 Å². The van der Waals surface area contributed by atoms with Crippen molar-refractivity contribution < 1.29 is 9.53 Å². The molecule has 1 fully saturated rings. The van der Waals surface area contributed by atoms with Crippen molar-refractivity contribution in [3.63, 3.8) is 0 Å². The Bertz CT molecular complexity index is 1050. The molecule has 164 valence electrons. The molecule has 2 aromatic heterocycles. The second-order valence-electron chi connectivity index (χ2n) is 7.02. The van der Waals surface area contributed by atoms with Crippen LogP contribution >= 0.6 is 24.0 Å². The molecule has 0 radical (unpaired) electrons. The Morgan fingerprint density at radius 2 is 2.06 bits per heavy atom. The molecule has 3 aromatic rings. The monoisotopic (exact) mass is 535 g/mol. The lowest BCUT2D eigenvalue weighted by Gasteiger charge is -2.13. The molecule has 0 aliphatic carbocycles. The molecule has 1 unspecified atom stereocenters. The van der Waals surface area contributed by atoms with Crippen LogP contribution in [-0.4, -0.2) is 46.2 Å². The van der Waals surface area contributed by atoms with Crippen molar-refractivity contribution in [2.24, 2.45) is 4.99 Å². The van der Waals surface area contributed by atoms with Crippen molar-refractivity contribution in [2.45, 2.75) is 32.0 Å². The van der Waals surface area contributed by atoms with Crippen LogP contribution in [0, 0.1) is 0 Å². The third kappa shape index (κ3) is 5.91. The third-order valence-corrected chi connectivity index (χ3v) is 4.90. The number of nitrogens with zero attached hydrogens (tertiary/aromatic N) is 4. The number of ether oxygens (including phenoxy) is 1. The van der Waals surface area contributed by atoms with E-state index in [2.05, 4.69) is 31.1 Å².